The van der Waals surface area contributed by atoms with Crippen molar-refractivity contribution in [1.82, 2.24) is 10.2 Å². The quantitative estimate of drug-likeness (QED) is 0.603. The van der Waals surface area contributed by atoms with Gasteiger partial charge in [0.05, 0.1) is 35.2 Å². The van der Waals surface area contributed by atoms with Gasteiger partial charge in [-0.15, -0.1) is 0 Å². The second-order valence-corrected chi connectivity index (χ2v) is 8.87. The van der Waals surface area contributed by atoms with Gasteiger partial charge in [0.2, 0.25) is 5.91 Å². The smallest absolute Gasteiger partial charge is 0.414 e. The summed E-state index contributed by atoms with van der Waals surface area (Å²) in [5, 5.41) is 6.96. The van der Waals surface area contributed by atoms with Crippen molar-refractivity contribution in [3.05, 3.63) is 53.3 Å². The normalized spacial score (nSPS) is 18.0. The minimum absolute atomic E-state index is 0.203. The molecule has 2 aliphatic rings. The summed E-state index contributed by atoms with van der Waals surface area (Å²) in [4.78, 5) is 28.6. The molecule has 2 amide bonds. The molecule has 180 valence electrons. The number of nitrogens with zero attached hydrogens (tertiary/aromatic N) is 3. The minimum atomic E-state index is -0.560. The molecule has 8 nitrogen and oxygen atoms in total. The van der Waals surface area contributed by atoms with E-state index in [4.69, 9.17) is 28.6 Å². The van der Waals surface area contributed by atoms with Crippen molar-refractivity contribution >= 4 is 58.0 Å². The Morgan fingerprint density at radius 3 is 2.62 bits per heavy atom. The van der Waals surface area contributed by atoms with Crippen LogP contribution in [0.2, 0.25) is 5.02 Å². The third-order valence-electron chi connectivity index (χ3n) is 5.72. The fraction of sp³-hybridized carbons (Fsp3) is 0.348. The second-order valence-electron chi connectivity index (χ2n) is 8.07. The highest BCUT2D eigenvalue weighted by Crippen LogP contribution is 2.29. The van der Waals surface area contributed by atoms with Crippen molar-refractivity contribution in [2.75, 3.05) is 54.4 Å². The number of piperazine rings is 1. The SMILES string of the molecule is CC(=O)NC[C@H]1CN(c2ccc(N3CCN(C(=S)Nc4ccccc4Cl)CC3)c(F)c2)C(=O)O1. The molecule has 0 aliphatic carbocycles. The van der Waals surface area contributed by atoms with Gasteiger partial charge >= 0.3 is 6.09 Å². The summed E-state index contributed by atoms with van der Waals surface area (Å²) in [5.74, 6) is -0.619. The van der Waals surface area contributed by atoms with Crippen LogP contribution in [0.3, 0.4) is 0 Å². The van der Waals surface area contributed by atoms with Crippen molar-refractivity contribution in [2.45, 2.75) is 13.0 Å². The van der Waals surface area contributed by atoms with E-state index in [0.29, 0.717) is 47.7 Å². The van der Waals surface area contributed by atoms with Gasteiger partial charge in [-0.1, -0.05) is 23.7 Å². The first kappa shape index (κ1) is 24.0. The molecule has 2 N–H and O–H groups in total. The summed E-state index contributed by atoms with van der Waals surface area (Å²) in [7, 11) is 0. The second kappa shape index (κ2) is 10.4. The van der Waals surface area contributed by atoms with Crippen LogP contribution in [-0.4, -0.2) is 67.4 Å². The zero-order chi connectivity index (χ0) is 24.2. The molecule has 2 saturated heterocycles. The lowest BCUT2D eigenvalue weighted by molar-refractivity contribution is -0.119. The Bertz CT molecular complexity index is 1100. The Hall–Kier alpha value is -3.11. The number of nitrogens with one attached hydrogen (secondary N) is 2. The van der Waals surface area contributed by atoms with Gasteiger partial charge < -0.3 is 25.2 Å². The maximum Gasteiger partial charge on any atom is 0.414 e. The molecule has 11 heteroatoms. The number of amides is 2. The van der Waals surface area contributed by atoms with Crippen LogP contribution in [-0.2, 0) is 9.53 Å². The molecule has 2 aromatic carbocycles. The summed E-state index contributed by atoms with van der Waals surface area (Å²) in [6, 6.07) is 12.1. The summed E-state index contributed by atoms with van der Waals surface area (Å²) in [5.41, 5.74) is 1.63. The Labute approximate surface area is 207 Å². The third kappa shape index (κ3) is 5.51. The number of ether oxygens (including phenoxy) is 1. The van der Waals surface area contributed by atoms with E-state index >= 15 is 4.39 Å². The number of hydrogen-bond donors (Lipinski definition) is 2. The van der Waals surface area contributed by atoms with Gasteiger partial charge in [0.1, 0.15) is 11.9 Å². The van der Waals surface area contributed by atoms with Crippen molar-refractivity contribution < 1.29 is 18.7 Å². The molecule has 4 rings (SSSR count). The summed E-state index contributed by atoms with van der Waals surface area (Å²) < 4.78 is 20.3. The van der Waals surface area contributed by atoms with Crippen LogP contribution in [0, 0.1) is 5.82 Å². The molecule has 0 bridgehead atoms. The number of halogens is 2. The summed E-state index contributed by atoms with van der Waals surface area (Å²) >= 11 is 11.7. The molecule has 2 aromatic rings. The first-order valence-corrected chi connectivity index (χ1v) is 11.7. The molecule has 34 heavy (non-hydrogen) atoms. The van der Waals surface area contributed by atoms with Crippen LogP contribution in [0.25, 0.3) is 0 Å². The van der Waals surface area contributed by atoms with Crippen LogP contribution in [0.4, 0.5) is 26.2 Å². The highest BCUT2D eigenvalue weighted by atomic mass is 35.5. The maximum absolute atomic E-state index is 15.0. The predicted octanol–water partition coefficient (Wildman–Crippen LogP) is 3.46. The van der Waals surface area contributed by atoms with Crippen molar-refractivity contribution in [3.63, 3.8) is 0 Å². The van der Waals surface area contributed by atoms with E-state index in [2.05, 4.69) is 10.6 Å². The van der Waals surface area contributed by atoms with Gasteiger partial charge in [0.15, 0.2) is 5.11 Å². The van der Waals surface area contributed by atoms with E-state index in [1.54, 1.807) is 18.2 Å². The van der Waals surface area contributed by atoms with Crippen LogP contribution in [0.15, 0.2) is 42.5 Å². The minimum Gasteiger partial charge on any atom is -0.442 e. The lowest BCUT2D eigenvalue weighted by Gasteiger charge is -2.37. The van der Waals surface area contributed by atoms with Gasteiger partial charge in [0.25, 0.3) is 0 Å². The van der Waals surface area contributed by atoms with E-state index in [0.717, 1.165) is 5.69 Å². The number of para-hydroxylation sites is 1. The molecule has 2 heterocycles. The average Bonchev–Trinajstić information content (AvgIpc) is 3.20. The molecule has 0 saturated carbocycles. The molecule has 0 radical (unpaired) electrons. The first-order valence-electron chi connectivity index (χ1n) is 10.9. The number of carbonyl (C=O) groups is 2. The molecule has 0 aromatic heterocycles. The summed E-state index contributed by atoms with van der Waals surface area (Å²) in [6.45, 7) is 4.28. The van der Waals surface area contributed by atoms with Crippen molar-refractivity contribution in [2.24, 2.45) is 0 Å². The third-order valence-corrected chi connectivity index (χ3v) is 6.41. The van der Waals surface area contributed by atoms with Crippen LogP contribution in [0.5, 0.6) is 0 Å². The van der Waals surface area contributed by atoms with Crippen LogP contribution < -0.4 is 20.4 Å². The number of benzene rings is 2. The van der Waals surface area contributed by atoms with Crippen molar-refractivity contribution in [3.8, 4) is 0 Å². The monoisotopic (exact) mass is 505 g/mol. The van der Waals surface area contributed by atoms with Gasteiger partial charge in [-0.3, -0.25) is 9.69 Å². The number of rotatable bonds is 5. The number of anilines is 3. The molecule has 0 unspecified atom stereocenters. The lowest BCUT2D eigenvalue weighted by Crippen LogP contribution is -2.50. The molecule has 0 spiro atoms. The lowest BCUT2D eigenvalue weighted by atomic mass is 10.2. The van der Waals surface area contributed by atoms with E-state index in [1.165, 1.54) is 17.9 Å². The number of hydrogen-bond acceptors (Lipinski definition) is 5. The largest absolute Gasteiger partial charge is 0.442 e. The number of cyclic esters (lactones) is 1. The Balaban J connectivity index is 1.34. The zero-order valence-electron chi connectivity index (χ0n) is 18.6. The maximum atomic E-state index is 15.0. The fourth-order valence-electron chi connectivity index (χ4n) is 3.92. The topological polar surface area (TPSA) is 77.2 Å². The van der Waals surface area contributed by atoms with E-state index in [9.17, 15) is 9.59 Å². The van der Waals surface area contributed by atoms with E-state index < -0.39 is 18.0 Å². The zero-order valence-corrected chi connectivity index (χ0v) is 20.2. The van der Waals surface area contributed by atoms with Crippen LogP contribution >= 0.6 is 23.8 Å². The van der Waals surface area contributed by atoms with Gasteiger partial charge in [-0.05, 0) is 42.5 Å². The Kier molecular flexibility index (Phi) is 7.38. The molecule has 2 aliphatic heterocycles. The van der Waals surface area contributed by atoms with Gasteiger partial charge in [0, 0.05) is 33.1 Å². The average molecular weight is 506 g/mol. The van der Waals surface area contributed by atoms with E-state index in [1.807, 2.05) is 28.0 Å². The number of thiocarbonyl (C=S) groups is 1. The first-order chi connectivity index (χ1) is 16.3. The highest BCUT2D eigenvalue weighted by Gasteiger charge is 2.33. The van der Waals surface area contributed by atoms with E-state index in [-0.39, 0.29) is 19.0 Å². The van der Waals surface area contributed by atoms with Gasteiger partial charge in [-0.2, -0.15) is 0 Å². The molecular weight excluding hydrogens is 481 g/mol. The van der Waals surface area contributed by atoms with Gasteiger partial charge in [-0.25, -0.2) is 9.18 Å². The fourth-order valence-corrected chi connectivity index (χ4v) is 4.40. The molecular formula is C23H25ClFN5O3S. The predicted molar refractivity (Wildman–Crippen MR) is 134 cm³/mol. The molecule has 2 fully saturated rings. The Morgan fingerprint density at radius 2 is 1.94 bits per heavy atom. The highest BCUT2D eigenvalue weighted by molar-refractivity contribution is 7.80. The number of carbonyl (C=O) groups excluding carboxylic acids is 2. The van der Waals surface area contributed by atoms with Crippen LogP contribution in [0.1, 0.15) is 6.92 Å². The summed E-state index contributed by atoms with van der Waals surface area (Å²) in [6.07, 6.45) is -1.04. The standard InChI is InChI=1S/C23H25ClFN5O3S/c1-15(31)26-13-17-14-30(23(32)33-17)16-6-7-21(19(25)12-16)28-8-10-29(11-9-28)22(34)27-20-5-3-2-4-18(20)24/h2-7,12,17H,8-11,13-14H2,1H3,(H,26,31)(H,27,34)/t17-/m0/s1. The van der Waals surface area contributed by atoms with Crippen molar-refractivity contribution in [1.29, 1.82) is 0 Å². The molecule has 1 atom stereocenters. The Morgan fingerprint density at radius 1 is 1.21 bits per heavy atom.